The van der Waals surface area contributed by atoms with Crippen LogP contribution in [0.5, 0.6) is 0 Å². The maximum absolute atomic E-state index is 10.9. The summed E-state index contributed by atoms with van der Waals surface area (Å²) in [5.74, 6) is -0.878. The molecule has 4 N–H and O–H groups in total. The lowest BCUT2D eigenvalue weighted by molar-refractivity contribution is 0.0996. The Hall–Kier alpha value is -1.47. The van der Waals surface area contributed by atoms with E-state index in [-0.39, 0.29) is 5.56 Å². The minimum atomic E-state index is -3.99. The zero-order chi connectivity index (χ0) is 10.1. The van der Waals surface area contributed by atoms with Gasteiger partial charge in [0.05, 0.1) is 5.56 Å². The fraction of sp³-hybridized carbons (Fsp3) is 0. The van der Waals surface area contributed by atoms with Crippen LogP contribution in [-0.4, -0.2) is 19.3 Å². The predicted octanol–water partition coefficient (Wildman–Crippen LogP) is -1.17. The second kappa shape index (κ2) is 3.11. The molecule has 0 saturated heterocycles. The van der Waals surface area contributed by atoms with Crippen LogP contribution in [-0.2, 0) is 10.0 Å². The Morgan fingerprint density at radius 2 is 2.08 bits per heavy atom. The molecule has 1 aromatic rings. The van der Waals surface area contributed by atoms with Crippen LogP contribution in [0.4, 0.5) is 0 Å². The van der Waals surface area contributed by atoms with Gasteiger partial charge in [-0.1, -0.05) is 0 Å². The summed E-state index contributed by atoms with van der Waals surface area (Å²) >= 11 is 0. The van der Waals surface area contributed by atoms with Gasteiger partial charge in [-0.05, 0) is 12.1 Å². The van der Waals surface area contributed by atoms with E-state index in [0.717, 1.165) is 0 Å². The Morgan fingerprint density at radius 1 is 1.46 bits per heavy atom. The fourth-order valence-corrected chi connectivity index (χ4v) is 1.49. The van der Waals surface area contributed by atoms with Crippen LogP contribution >= 0.6 is 0 Å². The molecule has 0 saturated carbocycles. The van der Waals surface area contributed by atoms with Gasteiger partial charge in [-0.3, -0.25) is 4.79 Å². The van der Waals surface area contributed by atoms with Crippen molar-refractivity contribution in [1.29, 1.82) is 0 Å². The molecule has 0 spiro atoms. The number of primary sulfonamides is 1. The molecule has 0 unspecified atom stereocenters. The highest BCUT2D eigenvalue weighted by Crippen LogP contribution is 2.08. The van der Waals surface area contributed by atoms with Crippen LogP contribution in [0.25, 0.3) is 0 Å². The average Bonchev–Trinajstić information content (AvgIpc) is 2.03. The Bertz CT molecular complexity index is 440. The standard InChI is InChI=1S/C6H7N3O3S/c7-5(10)4-2-1-3-9-6(4)13(8,11)12/h1-3H,(H2,7,10)(H2,8,11,12). The number of aromatic nitrogens is 1. The normalized spacial score (nSPS) is 11.2. The van der Waals surface area contributed by atoms with Crippen LogP contribution in [0.3, 0.4) is 0 Å². The van der Waals surface area contributed by atoms with Crippen molar-refractivity contribution in [2.24, 2.45) is 10.9 Å². The SMILES string of the molecule is NC(=O)c1cccnc1S(N)(=O)=O. The second-order valence-electron chi connectivity index (χ2n) is 2.27. The zero-order valence-electron chi connectivity index (χ0n) is 6.47. The molecule has 1 heterocycles. The number of nitrogens with two attached hydrogens (primary N) is 2. The van der Waals surface area contributed by atoms with Gasteiger partial charge in [0.1, 0.15) is 0 Å². The van der Waals surface area contributed by atoms with Gasteiger partial charge >= 0.3 is 0 Å². The third kappa shape index (κ3) is 2.01. The quantitative estimate of drug-likeness (QED) is 0.626. The first-order chi connectivity index (χ1) is 5.93. The number of nitrogens with zero attached hydrogens (tertiary/aromatic N) is 1. The monoisotopic (exact) mass is 201 g/mol. The van der Waals surface area contributed by atoms with E-state index in [4.69, 9.17) is 10.9 Å². The van der Waals surface area contributed by atoms with E-state index < -0.39 is 21.0 Å². The molecule has 7 heteroatoms. The summed E-state index contributed by atoms with van der Waals surface area (Å²) in [4.78, 5) is 14.2. The van der Waals surface area contributed by atoms with Gasteiger partial charge in [-0.15, -0.1) is 0 Å². The van der Waals surface area contributed by atoms with E-state index in [9.17, 15) is 13.2 Å². The molecule has 0 aromatic carbocycles. The van der Waals surface area contributed by atoms with Crippen molar-refractivity contribution in [3.8, 4) is 0 Å². The second-order valence-corrected chi connectivity index (χ2v) is 3.74. The Morgan fingerprint density at radius 3 is 2.46 bits per heavy atom. The number of sulfonamides is 1. The summed E-state index contributed by atoms with van der Waals surface area (Å²) in [7, 11) is -3.99. The van der Waals surface area contributed by atoms with Crippen LogP contribution in [0.2, 0.25) is 0 Å². The number of hydrogen-bond donors (Lipinski definition) is 2. The highest BCUT2D eigenvalue weighted by Gasteiger charge is 2.17. The van der Waals surface area contributed by atoms with Crippen molar-refractivity contribution in [3.63, 3.8) is 0 Å². The lowest BCUT2D eigenvalue weighted by Crippen LogP contribution is -2.21. The van der Waals surface area contributed by atoms with Crippen LogP contribution < -0.4 is 10.9 Å². The van der Waals surface area contributed by atoms with E-state index in [1.807, 2.05) is 0 Å². The van der Waals surface area contributed by atoms with Crippen molar-refractivity contribution in [1.82, 2.24) is 4.98 Å². The minimum Gasteiger partial charge on any atom is -0.366 e. The number of carbonyl (C=O) groups is 1. The molecule has 70 valence electrons. The predicted molar refractivity (Wildman–Crippen MR) is 44.1 cm³/mol. The molecule has 0 fully saturated rings. The lowest BCUT2D eigenvalue weighted by atomic mass is 10.3. The number of hydrogen-bond acceptors (Lipinski definition) is 4. The van der Waals surface area contributed by atoms with Crippen molar-refractivity contribution in [3.05, 3.63) is 23.9 Å². The summed E-state index contributed by atoms with van der Waals surface area (Å²) in [6.07, 6.45) is 1.21. The molecule has 1 rings (SSSR count). The van der Waals surface area contributed by atoms with E-state index in [2.05, 4.69) is 4.98 Å². The summed E-state index contributed by atoms with van der Waals surface area (Å²) in [6, 6.07) is 2.64. The molecule has 0 atom stereocenters. The number of primary amides is 1. The first kappa shape index (κ1) is 9.62. The molecule has 0 aliphatic rings. The van der Waals surface area contributed by atoms with E-state index >= 15 is 0 Å². The number of pyridine rings is 1. The van der Waals surface area contributed by atoms with Gasteiger partial charge in [-0.25, -0.2) is 18.5 Å². The molecule has 6 nitrogen and oxygen atoms in total. The smallest absolute Gasteiger partial charge is 0.256 e. The lowest BCUT2D eigenvalue weighted by Gasteiger charge is -2.01. The Kier molecular flexibility index (Phi) is 2.30. The molecule has 1 aromatic heterocycles. The number of carbonyl (C=O) groups excluding carboxylic acids is 1. The Balaban J connectivity index is 3.46. The van der Waals surface area contributed by atoms with Gasteiger partial charge in [-0.2, -0.15) is 0 Å². The molecule has 1 amide bonds. The summed E-state index contributed by atoms with van der Waals surface area (Å²) < 4.78 is 21.7. The van der Waals surface area contributed by atoms with Crippen molar-refractivity contribution in [2.75, 3.05) is 0 Å². The van der Waals surface area contributed by atoms with Crippen LogP contribution in [0.1, 0.15) is 10.4 Å². The molecule has 0 radical (unpaired) electrons. The maximum atomic E-state index is 10.9. The first-order valence-electron chi connectivity index (χ1n) is 3.20. The summed E-state index contributed by atoms with van der Waals surface area (Å²) in [6.45, 7) is 0. The molecule has 0 bridgehead atoms. The topological polar surface area (TPSA) is 116 Å². The minimum absolute atomic E-state index is 0.204. The summed E-state index contributed by atoms with van der Waals surface area (Å²) in [5, 5.41) is 4.30. The first-order valence-corrected chi connectivity index (χ1v) is 4.75. The molecule has 13 heavy (non-hydrogen) atoms. The van der Waals surface area contributed by atoms with Gasteiger partial charge < -0.3 is 5.73 Å². The largest absolute Gasteiger partial charge is 0.366 e. The van der Waals surface area contributed by atoms with Gasteiger partial charge in [0, 0.05) is 6.20 Å². The Labute approximate surface area is 74.6 Å². The zero-order valence-corrected chi connectivity index (χ0v) is 7.28. The van der Waals surface area contributed by atoms with Crippen LogP contribution in [0.15, 0.2) is 23.4 Å². The number of amides is 1. The third-order valence-electron chi connectivity index (χ3n) is 1.31. The third-order valence-corrected chi connectivity index (χ3v) is 2.17. The average molecular weight is 201 g/mol. The maximum Gasteiger partial charge on any atom is 0.256 e. The fourth-order valence-electron chi connectivity index (χ4n) is 0.805. The van der Waals surface area contributed by atoms with Crippen molar-refractivity contribution < 1.29 is 13.2 Å². The van der Waals surface area contributed by atoms with Gasteiger partial charge in [0.25, 0.3) is 15.9 Å². The molecule has 0 aliphatic heterocycles. The number of rotatable bonds is 2. The van der Waals surface area contributed by atoms with Crippen molar-refractivity contribution >= 4 is 15.9 Å². The highest BCUT2D eigenvalue weighted by molar-refractivity contribution is 7.89. The van der Waals surface area contributed by atoms with Crippen LogP contribution in [0, 0.1) is 0 Å². The molecular weight excluding hydrogens is 194 g/mol. The van der Waals surface area contributed by atoms with E-state index in [1.165, 1.54) is 18.3 Å². The van der Waals surface area contributed by atoms with E-state index in [1.54, 1.807) is 0 Å². The molecular formula is C6H7N3O3S. The van der Waals surface area contributed by atoms with E-state index in [0.29, 0.717) is 0 Å². The van der Waals surface area contributed by atoms with Gasteiger partial charge in [0.2, 0.25) is 0 Å². The summed E-state index contributed by atoms with van der Waals surface area (Å²) in [5.41, 5.74) is 4.71. The van der Waals surface area contributed by atoms with Crippen molar-refractivity contribution in [2.45, 2.75) is 5.03 Å². The molecule has 0 aliphatic carbocycles. The highest BCUT2D eigenvalue weighted by atomic mass is 32.2. The van der Waals surface area contributed by atoms with Gasteiger partial charge in [0.15, 0.2) is 5.03 Å².